The first kappa shape index (κ1) is 22.5. The molecule has 3 aromatic rings. The summed E-state index contributed by atoms with van der Waals surface area (Å²) in [6.45, 7) is 4.03. The largest absolute Gasteiger partial charge is 0.351 e. The summed E-state index contributed by atoms with van der Waals surface area (Å²) in [7, 11) is 0. The molecular formula is C26H24FN3O3. The van der Waals surface area contributed by atoms with Gasteiger partial charge in [-0.15, -0.1) is 0 Å². The van der Waals surface area contributed by atoms with Crippen LogP contribution in [0.4, 0.5) is 4.39 Å². The standard InChI is InChI=1S/C26H24FN3O3/c1-15-11-18(20-7-6-19(27)14-30-20)12-16(2)23(15)24-22(31)13-17(25(24)32)8-10-29-26(33)21-5-3-4-9-28-21/h3-7,9,11-12,14,17,24H,8,10,13H2,1-2H3,(H,29,33). The first-order valence-electron chi connectivity index (χ1n) is 10.8. The van der Waals surface area contributed by atoms with Crippen LogP contribution in [0.15, 0.2) is 54.9 Å². The van der Waals surface area contributed by atoms with Crippen molar-refractivity contribution < 1.29 is 18.8 Å². The Labute approximate surface area is 191 Å². The Hall–Kier alpha value is -3.74. The minimum Gasteiger partial charge on any atom is -0.351 e. The highest BCUT2D eigenvalue weighted by molar-refractivity contribution is 6.15. The minimum atomic E-state index is -0.795. The second kappa shape index (κ2) is 9.40. The zero-order chi connectivity index (χ0) is 23.5. The van der Waals surface area contributed by atoms with E-state index in [4.69, 9.17) is 0 Å². The first-order chi connectivity index (χ1) is 15.8. The van der Waals surface area contributed by atoms with Gasteiger partial charge < -0.3 is 5.32 Å². The van der Waals surface area contributed by atoms with Crippen LogP contribution in [0.1, 0.15) is 45.9 Å². The molecule has 1 N–H and O–H groups in total. The summed E-state index contributed by atoms with van der Waals surface area (Å²) >= 11 is 0. The molecule has 1 amide bonds. The molecule has 0 saturated heterocycles. The lowest BCUT2D eigenvalue weighted by atomic mass is 9.85. The summed E-state index contributed by atoms with van der Waals surface area (Å²) in [5.41, 5.74) is 4.13. The fraction of sp³-hybridized carbons (Fsp3) is 0.269. The molecule has 2 heterocycles. The van der Waals surface area contributed by atoms with E-state index in [0.717, 1.165) is 28.5 Å². The van der Waals surface area contributed by atoms with E-state index in [9.17, 15) is 18.8 Å². The predicted molar refractivity (Wildman–Crippen MR) is 121 cm³/mol. The Bertz CT molecular complexity index is 1190. The Morgan fingerprint density at radius 1 is 1.09 bits per heavy atom. The van der Waals surface area contributed by atoms with Gasteiger partial charge in [0.15, 0.2) is 5.78 Å². The Morgan fingerprint density at radius 2 is 1.85 bits per heavy atom. The van der Waals surface area contributed by atoms with E-state index in [0.29, 0.717) is 24.4 Å². The quantitative estimate of drug-likeness (QED) is 0.580. The van der Waals surface area contributed by atoms with E-state index in [1.54, 1.807) is 30.5 Å². The van der Waals surface area contributed by atoms with Gasteiger partial charge in [0.05, 0.1) is 11.9 Å². The van der Waals surface area contributed by atoms with Gasteiger partial charge in [-0.2, -0.15) is 0 Å². The van der Waals surface area contributed by atoms with Gasteiger partial charge in [-0.1, -0.05) is 6.07 Å². The van der Waals surface area contributed by atoms with Crippen molar-refractivity contribution in [2.75, 3.05) is 6.54 Å². The maximum absolute atomic E-state index is 13.2. The number of benzene rings is 1. The van der Waals surface area contributed by atoms with E-state index in [-0.39, 0.29) is 23.9 Å². The number of carbonyl (C=O) groups is 3. The van der Waals surface area contributed by atoms with Crippen molar-refractivity contribution in [2.45, 2.75) is 32.6 Å². The van der Waals surface area contributed by atoms with Crippen LogP contribution >= 0.6 is 0 Å². The lowest BCUT2D eigenvalue weighted by molar-refractivity contribution is -0.124. The van der Waals surface area contributed by atoms with Crippen molar-refractivity contribution in [3.8, 4) is 11.3 Å². The van der Waals surface area contributed by atoms with Crippen LogP contribution in [0.5, 0.6) is 0 Å². The summed E-state index contributed by atoms with van der Waals surface area (Å²) in [6, 6.07) is 11.8. The number of ketones is 2. The molecule has 2 unspecified atom stereocenters. The van der Waals surface area contributed by atoms with Crippen LogP contribution < -0.4 is 5.32 Å². The summed E-state index contributed by atoms with van der Waals surface area (Å²) in [5, 5.41) is 2.77. The van der Waals surface area contributed by atoms with Crippen LogP contribution in [0.25, 0.3) is 11.3 Å². The molecule has 0 bridgehead atoms. The van der Waals surface area contributed by atoms with E-state index in [1.807, 2.05) is 26.0 Å². The summed E-state index contributed by atoms with van der Waals surface area (Å²) in [6.07, 6.45) is 3.27. The number of hydrogen-bond acceptors (Lipinski definition) is 5. The number of rotatable bonds is 6. The van der Waals surface area contributed by atoms with Crippen LogP contribution in [0, 0.1) is 25.6 Å². The number of halogens is 1. The highest BCUT2D eigenvalue weighted by atomic mass is 19.1. The third kappa shape index (κ3) is 4.72. The second-order valence-electron chi connectivity index (χ2n) is 8.35. The highest BCUT2D eigenvalue weighted by Crippen LogP contribution is 2.38. The number of amides is 1. The van der Waals surface area contributed by atoms with Crippen molar-refractivity contribution >= 4 is 17.5 Å². The summed E-state index contributed by atoms with van der Waals surface area (Å²) in [4.78, 5) is 46.3. The maximum Gasteiger partial charge on any atom is 0.269 e. The van der Waals surface area contributed by atoms with Crippen LogP contribution in [-0.4, -0.2) is 34.0 Å². The van der Waals surface area contributed by atoms with Crippen molar-refractivity contribution in [3.05, 3.63) is 83.1 Å². The normalized spacial score (nSPS) is 17.9. The number of pyridine rings is 2. The molecule has 2 aromatic heterocycles. The number of nitrogens with zero attached hydrogens (tertiary/aromatic N) is 2. The molecule has 2 atom stereocenters. The zero-order valence-electron chi connectivity index (χ0n) is 18.5. The van der Waals surface area contributed by atoms with Gasteiger partial charge in [0, 0.05) is 30.6 Å². The Kier molecular flexibility index (Phi) is 6.40. The predicted octanol–water partition coefficient (Wildman–Crippen LogP) is 3.96. The monoisotopic (exact) mass is 445 g/mol. The maximum atomic E-state index is 13.2. The molecule has 168 valence electrons. The average molecular weight is 445 g/mol. The van der Waals surface area contributed by atoms with Gasteiger partial charge in [-0.05, 0) is 73.4 Å². The fourth-order valence-corrected chi connectivity index (χ4v) is 4.48. The van der Waals surface area contributed by atoms with Gasteiger partial charge >= 0.3 is 0 Å². The SMILES string of the molecule is Cc1cc(-c2ccc(F)cn2)cc(C)c1C1C(=O)CC(CCNC(=O)c2ccccn2)C1=O. The van der Waals surface area contributed by atoms with E-state index in [2.05, 4.69) is 15.3 Å². The average Bonchev–Trinajstić information content (AvgIpc) is 3.07. The van der Waals surface area contributed by atoms with E-state index < -0.39 is 17.7 Å². The lowest BCUT2D eigenvalue weighted by Crippen LogP contribution is -2.27. The Balaban J connectivity index is 1.47. The first-order valence-corrected chi connectivity index (χ1v) is 10.8. The van der Waals surface area contributed by atoms with E-state index in [1.165, 1.54) is 6.07 Å². The van der Waals surface area contributed by atoms with Crippen molar-refractivity contribution in [2.24, 2.45) is 5.92 Å². The number of Topliss-reactive ketones (excluding diaryl/α,β-unsaturated/α-hetero) is 2. The van der Waals surface area contributed by atoms with Crippen LogP contribution in [0.2, 0.25) is 0 Å². The smallest absolute Gasteiger partial charge is 0.269 e. The van der Waals surface area contributed by atoms with Gasteiger partial charge in [0.1, 0.15) is 23.2 Å². The Morgan fingerprint density at radius 3 is 2.48 bits per heavy atom. The molecule has 0 radical (unpaired) electrons. The van der Waals surface area contributed by atoms with Gasteiger partial charge in [0.2, 0.25) is 0 Å². The van der Waals surface area contributed by atoms with Gasteiger partial charge in [-0.25, -0.2) is 4.39 Å². The molecule has 0 spiro atoms. The molecule has 0 aliphatic heterocycles. The third-order valence-corrected chi connectivity index (χ3v) is 6.04. The van der Waals surface area contributed by atoms with E-state index >= 15 is 0 Å². The number of carbonyl (C=O) groups excluding carboxylic acids is 3. The highest BCUT2D eigenvalue weighted by Gasteiger charge is 2.42. The second-order valence-corrected chi connectivity index (χ2v) is 8.35. The number of aromatic nitrogens is 2. The zero-order valence-corrected chi connectivity index (χ0v) is 18.5. The molecule has 1 aromatic carbocycles. The molecule has 6 nitrogen and oxygen atoms in total. The van der Waals surface area contributed by atoms with Crippen LogP contribution in [0.3, 0.4) is 0 Å². The van der Waals surface area contributed by atoms with Crippen molar-refractivity contribution in [3.63, 3.8) is 0 Å². The molecule has 4 rings (SSSR count). The van der Waals surface area contributed by atoms with Crippen molar-refractivity contribution in [1.82, 2.24) is 15.3 Å². The fourth-order valence-electron chi connectivity index (χ4n) is 4.48. The van der Waals surface area contributed by atoms with Gasteiger partial charge in [0.25, 0.3) is 5.91 Å². The minimum absolute atomic E-state index is 0.0973. The summed E-state index contributed by atoms with van der Waals surface area (Å²) in [5.74, 6) is -2.14. The molecule has 33 heavy (non-hydrogen) atoms. The molecule has 1 saturated carbocycles. The lowest BCUT2D eigenvalue weighted by Gasteiger charge is -2.17. The topological polar surface area (TPSA) is 89.0 Å². The molecule has 1 fully saturated rings. The number of aryl methyl sites for hydroxylation is 2. The van der Waals surface area contributed by atoms with Gasteiger partial charge in [-0.3, -0.25) is 24.4 Å². The number of hydrogen-bond donors (Lipinski definition) is 1. The summed E-state index contributed by atoms with van der Waals surface area (Å²) < 4.78 is 13.2. The third-order valence-electron chi connectivity index (χ3n) is 6.04. The molecular weight excluding hydrogens is 421 g/mol. The molecule has 1 aliphatic carbocycles. The molecule has 7 heteroatoms. The van der Waals surface area contributed by atoms with Crippen molar-refractivity contribution in [1.29, 1.82) is 0 Å². The van der Waals surface area contributed by atoms with Crippen LogP contribution in [-0.2, 0) is 9.59 Å². The number of nitrogens with one attached hydrogen (secondary N) is 1. The molecule has 1 aliphatic rings.